The Bertz CT molecular complexity index is 1480. The van der Waals surface area contributed by atoms with Crippen LogP contribution in [0.2, 0.25) is 0 Å². The van der Waals surface area contributed by atoms with Gasteiger partial charge in [-0.3, -0.25) is 4.79 Å². The average Bonchev–Trinajstić information content (AvgIpc) is 3.24. The fourth-order valence-electron chi connectivity index (χ4n) is 4.16. The maximum absolute atomic E-state index is 14.0. The van der Waals surface area contributed by atoms with Crippen molar-refractivity contribution >= 4 is 33.8 Å². The Morgan fingerprint density at radius 1 is 1.11 bits per heavy atom. The third-order valence-electron chi connectivity index (χ3n) is 6.12. The molecule has 1 fully saturated rings. The van der Waals surface area contributed by atoms with Crippen molar-refractivity contribution in [2.75, 3.05) is 18.4 Å². The number of hydrogen-bond donors (Lipinski definition) is 1. The quantitative estimate of drug-likeness (QED) is 0.406. The molecular formula is C25H22F5N3O4S. The molecule has 7 nitrogen and oxygen atoms in total. The van der Waals surface area contributed by atoms with E-state index in [1.165, 1.54) is 37.3 Å². The molecule has 0 unspecified atom stereocenters. The van der Waals surface area contributed by atoms with Gasteiger partial charge in [-0.15, -0.1) is 0 Å². The number of carbonyl (C=O) groups excluding carboxylic acids is 1. The molecule has 2 aromatic carbocycles. The van der Waals surface area contributed by atoms with Crippen molar-refractivity contribution in [3.63, 3.8) is 0 Å². The SMILES string of the molecule is Cc1noc(C=Cc2ccc(F)cc2F)c1S(=O)(=O)N1CCC(C(=O)Nc2ccccc2C(F)(F)F)CC1. The van der Waals surface area contributed by atoms with Crippen molar-refractivity contribution in [3.05, 3.63) is 76.7 Å². The second-order valence-corrected chi connectivity index (χ2v) is 10.5. The van der Waals surface area contributed by atoms with Crippen LogP contribution in [0.25, 0.3) is 12.2 Å². The molecule has 4 rings (SSSR count). The van der Waals surface area contributed by atoms with E-state index in [4.69, 9.17) is 4.52 Å². The fraction of sp³-hybridized carbons (Fsp3) is 0.280. The smallest absolute Gasteiger partial charge is 0.355 e. The number of sulfonamides is 1. The summed E-state index contributed by atoms with van der Waals surface area (Å²) in [5.41, 5.74) is -1.28. The summed E-state index contributed by atoms with van der Waals surface area (Å²) in [4.78, 5) is 12.4. The summed E-state index contributed by atoms with van der Waals surface area (Å²) in [7, 11) is -4.14. The molecule has 3 aromatic rings. The van der Waals surface area contributed by atoms with Crippen molar-refractivity contribution in [2.45, 2.75) is 30.8 Å². The summed E-state index contributed by atoms with van der Waals surface area (Å²) in [6, 6.07) is 7.52. The molecule has 0 spiro atoms. The lowest BCUT2D eigenvalue weighted by Crippen LogP contribution is -2.41. The highest BCUT2D eigenvalue weighted by atomic mass is 32.2. The number of aromatic nitrogens is 1. The van der Waals surface area contributed by atoms with Crippen LogP contribution in [-0.2, 0) is 21.0 Å². The average molecular weight is 556 g/mol. The first-order chi connectivity index (χ1) is 17.9. The third-order valence-corrected chi connectivity index (χ3v) is 8.18. The Balaban J connectivity index is 1.47. The molecule has 13 heteroatoms. The van der Waals surface area contributed by atoms with Gasteiger partial charge >= 0.3 is 6.18 Å². The lowest BCUT2D eigenvalue weighted by Gasteiger charge is -2.30. The van der Waals surface area contributed by atoms with Crippen molar-refractivity contribution in [3.8, 4) is 0 Å². The summed E-state index contributed by atoms with van der Waals surface area (Å²) in [5, 5.41) is 6.01. The van der Waals surface area contributed by atoms with E-state index in [1.54, 1.807) is 0 Å². The third kappa shape index (κ3) is 5.78. The summed E-state index contributed by atoms with van der Waals surface area (Å²) >= 11 is 0. The van der Waals surface area contributed by atoms with E-state index in [9.17, 15) is 35.2 Å². The molecule has 202 valence electrons. The number of anilines is 1. The first kappa shape index (κ1) is 27.5. The molecule has 1 aliphatic heterocycles. The summed E-state index contributed by atoms with van der Waals surface area (Å²) in [6.45, 7) is 1.29. The van der Waals surface area contributed by atoms with E-state index in [-0.39, 0.29) is 53.5 Å². The highest BCUT2D eigenvalue weighted by Gasteiger charge is 2.37. The summed E-state index contributed by atoms with van der Waals surface area (Å²) < 4.78 is 99.8. The highest BCUT2D eigenvalue weighted by molar-refractivity contribution is 7.89. The normalized spacial score (nSPS) is 15.7. The van der Waals surface area contributed by atoms with Gasteiger partial charge in [0.15, 0.2) is 10.7 Å². The molecule has 2 heterocycles. The molecule has 0 radical (unpaired) electrons. The Labute approximate surface area is 215 Å². The lowest BCUT2D eigenvalue weighted by atomic mass is 9.97. The second-order valence-electron chi connectivity index (χ2n) is 8.67. The van der Waals surface area contributed by atoms with Gasteiger partial charge < -0.3 is 9.84 Å². The molecule has 1 aliphatic rings. The van der Waals surface area contributed by atoms with E-state index < -0.39 is 45.2 Å². The summed E-state index contributed by atoms with van der Waals surface area (Å²) in [5.74, 6) is -3.10. The first-order valence-electron chi connectivity index (χ1n) is 11.4. The highest BCUT2D eigenvalue weighted by Crippen LogP contribution is 2.35. The number of aryl methyl sites for hydroxylation is 1. The van der Waals surface area contributed by atoms with Crippen molar-refractivity contribution in [1.29, 1.82) is 0 Å². The van der Waals surface area contributed by atoms with Crippen LogP contribution in [-0.4, -0.2) is 36.9 Å². The molecule has 0 atom stereocenters. The predicted molar refractivity (Wildman–Crippen MR) is 128 cm³/mol. The van der Waals surface area contributed by atoms with Crippen LogP contribution >= 0.6 is 0 Å². The van der Waals surface area contributed by atoms with Gasteiger partial charge in [0.25, 0.3) is 0 Å². The minimum Gasteiger partial charge on any atom is -0.355 e. The van der Waals surface area contributed by atoms with Gasteiger partial charge in [-0.1, -0.05) is 17.3 Å². The number of amides is 1. The fourth-order valence-corrected chi connectivity index (χ4v) is 5.88. The van der Waals surface area contributed by atoms with Gasteiger partial charge in [-0.2, -0.15) is 17.5 Å². The molecule has 0 bridgehead atoms. The Morgan fingerprint density at radius 3 is 2.45 bits per heavy atom. The number of para-hydroxylation sites is 1. The number of alkyl halides is 3. The largest absolute Gasteiger partial charge is 0.418 e. The van der Waals surface area contributed by atoms with Crippen LogP contribution in [0.4, 0.5) is 27.6 Å². The second kappa shape index (κ2) is 10.7. The topological polar surface area (TPSA) is 92.5 Å². The standard InChI is InChI=1S/C25H22F5N3O4S/c1-15-23(22(37-32-15)9-7-16-6-8-18(26)14-20(16)27)38(35,36)33-12-10-17(11-13-33)24(34)31-21-5-3-2-4-19(21)25(28,29)30/h2-9,14,17H,10-13H2,1H3,(H,31,34). The van der Waals surface area contributed by atoms with Crippen LogP contribution in [0.5, 0.6) is 0 Å². The molecule has 38 heavy (non-hydrogen) atoms. The maximum atomic E-state index is 14.0. The van der Waals surface area contributed by atoms with E-state index in [1.807, 2.05) is 0 Å². The van der Waals surface area contributed by atoms with Crippen LogP contribution in [0, 0.1) is 24.5 Å². The zero-order chi connectivity index (χ0) is 27.7. The first-order valence-corrected chi connectivity index (χ1v) is 12.9. The van der Waals surface area contributed by atoms with E-state index in [2.05, 4.69) is 10.5 Å². The molecule has 1 amide bonds. The number of carbonyl (C=O) groups is 1. The van der Waals surface area contributed by atoms with Gasteiger partial charge in [0.05, 0.1) is 11.3 Å². The molecule has 1 aromatic heterocycles. The number of nitrogens with zero attached hydrogens (tertiary/aromatic N) is 2. The van der Waals surface area contributed by atoms with Gasteiger partial charge in [-0.25, -0.2) is 17.2 Å². The van der Waals surface area contributed by atoms with E-state index >= 15 is 0 Å². The molecule has 1 N–H and O–H groups in total. The number of rotatable bonds is 6. The minimum atomic E-state index is -4.65. The van der Waals surface area contributed by atoms with Crippen LogP contribution < -0.4 is 5.32 Å². The minimum absolute atomic E-state index is 0.00252. The Kier molecular flexibility index (Phi) is 7.70. The van der Waals surface area contributed by atoms with Crippen LogP contribution in [0.3, 0.4) is 0 Å². The lowest BCUT2D eigenvalue weighted by molar-refractivity contribution is -0.137. The number of piperidine rings is 1. The van der Waals surface area contributed by atoms with Gasteiger partial charge in [0, 0.05) is 30.6 Å². The molecule has 0 saturated carbocycles. The van der Waals surface area contributed by atoms with E-state index in [0.717, 1.165) is 22.5 Å². The number of hydrogen-bond acceptors (Lipinski definition) is 5. The van der Waals surface area contributed by atoms with Gasteiger partial charge in [0.2, 0.25) is 15.9 Å². The number of nitrogens with one attached hydrogen (secondary N) is 1. The van der Waals surface area contributed by atoms with Crippen LogP contribution in [0.1, 0.15) is 35.4 Å². The molecule has 1 saturated heterocycles. The summed E-state index contributed by atoms with van der Waals surface area (Å²) in [6.07, 6.45) is -2.05. The molecular weight excluding hydrogens is 533 g/mol. The van der Waals surface area contributed by atoms with Crippen LogP contribution in [0.15, 0.2) is 51.9 Å². The van der Waals surface area contributed by atoms with Crippen molar-refractivity contribution in [2.24, 2.45) is 5.92 Å². The number of halogens is 5. The number of benzene rings is 2. The van der Waals surface area contributed by atoms with E-state index in [0.29, 0.717) is 6.07 Å². The predicted octanol–water partition coefficient (Wildman–Crippen LogP) is 5.49. The monoisotopic (exact) mass is 555 g/mol. The van der Waals surface area contributed by atoms with Gasteiger partial charge in [-0.05, 0) is 56.2 Å². The Morgan fingerprint density at radius 2 is 1.79 bits per heavy atom. The maximum Gasteiger partial charge on any atom is 0.418 e. The van der Waals surface area contributed by atoms with Crippen molar-refractivity contribution < 1.29 is 39.7 Å². The zero-order valence-electron chi connectivity index (χ0n) is 19.9. The van der Waals surface area contributed by atoms with Gasteiger partial charge in [0.1, 0.15) is 17.3 Å². The van der Waals surface area contributed by atoms with Crippen molar-refractivity contribution in [1.82, 2.24) is 9.46 Å². The zero-order valence-corrected chi connectivity index (χ0v) is 20.7. The molecule has 0 aliphatic carbocycles. The Hall–Kier alpha value is -3.58.